The van der Waals surface area contributed by atoms with Crippen LogP contribution in [0.1, 0.15) is 26.2 Å². The van der Waals surface area contributed by atoms with Gasteiger partial charge in [-0.15, -0.1) is 0 Å². The van der Waals surface area contributed by atoms with E-state index in [1.165, 1.54) is 6.07 Å². The van der Waals surface area contributed by atoms with Crippen molar-refractivity contribution in [1.82, 2.24) is 9.47 Å². The molecule has 2 aromatic rings. The summed E-state index contributed by atoms with van der Waals surface area (Å²) in [6.45, 7) is 2.90. The molecule has 6 heteroatoms. The van der Waals surface area contributed by atoms with Crippen molar-refractivity contribution in [2.75, 3.05) is 18.4 Å². The number of rotatable bonds is 4. The van der Waals surface area contributed by atoms with Crippen LogP contribution in [0, 0.1) is 11.7 Å². The van der Waals surface area contributed by atoms with Crippen LogP contribution in [-0.4, -0.2) is 34.4 Å². The van der Waals surface area contributed by atoms with Gasteiger partial charge in [0.05, 0.1) is 11.6 Å². The molecule has 1 N–H and O–H groups in total. The van der Waals surface area contributed by atoms with Crippen molar-refractivity contribution in [1.29, 1.82) is 0 Å². The van der Waals surface area contributed by atoms with Gasteiger partial charge in [-0.1, -0.05) is 6.92 Å². The van der Waals surface area contributed by atoms with Crippen LogP contribution in [0.3, 0.4) is 0 Å². The molecule has 0 spiro atoms. The van der Waals surface area contributed by atoms with Gasteiger partial charge in [-0.25, -0.2) is 4.39 Å². The molecule has 2 amide bonds. The van der Waals surface area contributed by atoms with E-state index in [2.05, 4.69) is 5.32 Å². The van der Waals surface area contributed by atoms with Crippen molar-refractivity contribution < 1.29 is 14.0 Å². The van der Waals surface area contributed by atoms with Gasteiger partial charge in [0, 0.05) is 37.6 Å². The summed E-state index contributed by atoms with van der Waals surface area (Å²) in [6, 6.07) is 8.38. The lowest BCUT2D eigenvalue weighted by Gasteiger charge is -2.32. The number of nitrogens with one attached hydrogen (secondary N) is 1. The molecule has 2 heterocycles. The zero-order valence-electron chi connectivity index (χ0n) is 14.2. The molecule has 1 unspecified atom stereocenters. The zero-order valence-corrected chi connectivity index (χ0v) is 14.2. The third kappa shape index (κ3) is 3.90. The molecule has 3 rings (SSSR count). The van der Waals surface area contributed by atoms with Crippen LogP contribution in [0.5, 0.6) is 0 Å². The van der Waals surface area contributed by atoms with Crippen molar-refractivity contribution in [2.24, 2.45) is 5.92 Å². The Bertz CT molecular complexity index is 758. The maximum absolute atomic E-state index is 14.1. The normalized spacial score (nSPS) is 17.4. The Labute approximate surface area is 146 Å². The lowest BCUT2D eigenvalue weighted by Crippen LogP contribution is -2.43. The number of piperidine rings is 1. The fourth-order valence-corrected chi connectivity index (χ4v) is 3.15. The van der Waals surface area contributed by atoms with Gasteiger partial charge >= 0.3 is 0 Å². The Kier molecular flexibility index (Phi) is 5.16. The number of nitrogens with zero attached hydrogens (tertiary/aromatic N) is 2. The van der Waals surface area contributed by atoms with E-state index < -0.39 is 5.82 Å². The van der Waals surface area contributed by atoms with Gasteiger partial charge in [0.2, 0.25) is 11.8 Å². The van der Waals surface area contributed by atoms with E-state index in [9.17, 15) is 14.0 Å². The van der Waals surface area contributed by atoms with E-state index in [4.69, 9.17) is 0 Å². The second-order valence-electron chi connectivity index (χ2n) is 6.28. The summed E-state index contributed by atoms with van der Waals surface area (Å²) in [7, 11) is 0. The Morgan fingerprint density at radius 1 is 1.28 bits per heavy atom. The number of likely N-dealkylation sites (tertiary alicyclic amines) is 1. The Morgan fingerprint density at radius 3 is 2.76 bits per heavy atom. The van der Waals surface area contributed by atoms with Crippen LogP contribution < -0.4 is 5.32 Å². The number of carbonyl (C=O) groups is 2. The molecule has 1 fully saturated rings. The average molecular weight is 343 g/mol. The number of anilines is 1. The molecule has 1 aliphatic heterocycles. The van der Waals surface area contributed by atoms with Crippen molar-refractivity contribution in [3.8, 4) is 5.69 Å². The van der Waals surface area contributed by atoms with Gasteiger partial charge in [0.15, 0.2) is 0 Å². The van der Waals surface area contributed by atoms with E-state index in [1.54, 1.807) is 17.0 Å². The number of halogens is 1. The SMILES string of the molecule is CCC(=O)N1CCCC(C(=O)Nc2cc(-n3cccc3)ccc2F)C1. The summed E-state index contributed by atoms with van der Waals surface area (Å²) in [6.07, 6.45) is 5.64. The molecule has 132 valence electrons. The first kappa shape index (κ1) is 17.2. The number of hydrogen-bond donors (Lipinski definition) is 1. The number of amides is 2. The Hall–Kier alpha value is -2.63. The molecule has 0 radical (unpaired) electrons. The van der Waals surface area contributed by atoms with Crippen LogP contribution >= 0.6 is 0 Å². The third-order valence-electron chi connectivity index (χ3n) is 4.56. The second-order valence-corrected chi connectivity index (χ2v) is 6.28. The minimum absolute atomic E-state index is 0.0540. The predicted molar refractivity (Wildman–Crippen MR) is 94.0 cm³/mol. The standard InChI is InChI=1S/C19H22FN3O2/c1-2-18(24)23-11-5-6-14(13-23)19(25)21-17-12-15(7-8-16(17)20)22-9-3-4-10-22/h3-4,7-10,12,14H,2,5-6,11,13H2,1H3,(H,21,25). The van der Waals surface area contributed by atoms with E-state index in [0.717, 1.165) is 12.1 Å². The van der Waals surface area contributed by atoms with Gasteiger partial charge < -0.3 is 14.8 Å². The van der Waals surface area contributed by atoms with Gasteiger partial charge in [-0.2, -0.15) is 0 Å². The first-order valence-corrected chi connectivity index (χ1v) is 8.60. The second kappa shape index (κ2) is 7.51. The van der Waals surface area contributed by atoms with Gasteiger partial charge in [-0.3, -0.25) is 9.59 Å². The zero-order chi connectivity index (χ0) is 17.8. The molecule has 1 aliphatic rings. The van der Waals surface area contributed by atoms with Crippen molar-refractivity contribution >= 4 is 17.5 Å². The van der Waals surface area contributed by atoms with Crippen LogP contribution in [0.2, 0.25) is 0 Å². The summed E-state index contributed by atoms with van der Waals surface area (Å²) in [5.74, 6) is -0.962. The van der Waals surface area contributed by atoms with Crippen LogP contribution in [0.15, 0.2) is 42.7 Å². The molecule has 1 aromatic heterocycles. The average Bonchev–Trinajstić information content (AvgIpc) is 3.17. The highest BCUT2D eigenvalue weighted by atomic mass is 19.1. The highest BCUT2D eigenvalue weighted by molar-refractivity contribution is 5.93. The van der Waals surface area contributed by atoms with Crippen molar-refractivity contribution in [3.05, 3.63) is 48.5 Å². The van der Waals surface area contributed by atoms with Crippen molar-refractivity contribution in [2.45, 2.75) is 26.2 Å². The minimum Gasteiger partial charge on any atom is -0.342 e. The highest BCUT2D eigenvalue weighted by Gasteiger charge is 2.28. The van der Waals surface area contributed by atoms with Crippen LogP contribution in [-0.2, 0) is 9.59 Å². The summed E-state index contributed by atoms with van der Waals surface area (Å²) < 4.78 is 16.0. The fraction of sp³-hybridized carbons (Fsp3) is 0.368. The van der Waals surface area contributed by atoms with Gasteiger partial charge in [0.25, 0.3) is 0 Å². The van der Waals surface area contributed by atoms with E-state index in [1.807, 2.05) is 36.0 Å². The lowest BCUT2D eigenvalue weighted by atomic mass is 9.96. The van der Waals surface area contributed by atoms with Crippen molar-refractivity contribution in [3.63, 3.8) is 0 Å². The molecule has 0 aliphatic carbocycles. The van der Waals surface area contributed by atoms with Gasteiger partial charge in [-0.05, 0) is 43.2 Å². The van der Waals surface area contributed by atoms with Gasteiger partial charge in [0.1, 0.15) is 5.82 Å². The molecule has 0 saturated carbocycles. The number of carbonyl (C=O) groups excluding carboxylic acids is 2. The fourth-order valence-electron chi connectivity index (χ4n) is 3.15. The smallest absolute Gasteiger partial charge is 0.229 e. The summed E-state index contributed by atoms with van der Waals surface area (Å²) in [5.41, 5.74) is 0.934. The quantitative estimate of drug-likeness (QED) is 0.927. The Balaban J connectivity index is 1.72. The molecule has 0 bridgehead atoms. The highest BCUT2D eigenvalue weighted by Crippen LogP contribution is 2.23. The lowest BCUT2D eigenvalue weighted by molar-refractivity contribution is -0.134. The summed E-state index contributed by atoms with van der Waals surface area (Å²) in [4.78, 5) is 26.1. The predicted octanol–water partition coefficient (Wildman–Crippen LogP) is 3.20. The van der Waals surface area contributed by atoms with E-state index in [-0.39, 0.29) is 23.4 Å². The number of benzene rings is 1. The molecular weight excluding hydrogens is 321 g/mol. The van der Waals surface area contributed by atoms with E-state index >= 15 is 0 Å². The monoisotopic (exact) mass is 343 g/mol. The third-order valence-corrected chi connectivity index (χ3v) is 4.56. The molecule has 5 nitrogen and oxygen atoms in total. The molecule has 1 atom stereocenters. The first-order chi connectivity index (χ1) is 12.1. The molecule has 1 aromatic carbocycles. The van der Waals surface area contributed by atoms with Crippen LogP contribution in [0.25, 0.3) is 5.69 Å². The van der Waals surface area contributed by atoms with E-state index in [0.29, 0.717) is 25.9 Å². The minimum atomic E-state index is -0.471. The first-order valence-electron chi connectivity index (χ1n) is 8.60. The van der Waals surface area contributed by atoms with Crippen LogP contribution in [0.4, 0.5) is 10.1 Å². The maximum Gasteiger partial charge on any atom is 0.229 e. The summed E-state index contributed by atoms with van der Waals surface area (Å²) >= 11 is 0. The topological polar surface area (TPSA) is 54.3 Å². The number of hydrogen-bond acceptors (Lipinski definition) is 2. The molecule has 1 saturated heterocycles. The molecular formula is C19H22FN3O2. The number of aromatic nitrogens is 1. The maximum atomic E-state index is 14.1. The Morgan fingerprint density at radius 2 is 2.04 bits per heavy atom. The molecule has 25 heavy (non-hydrogen) atoms. The largest absolute Gasteiger partial charge is 0.342 e. The summed E-state index contributed by atoms with van der Waals surface area (Å²) in [5, 5.41) is 2.69.